The average Bonchev–Trinajstić information content (AvgIpc) is 3.55. The lowest BCUT2D eigenvalue weighted by molar-refractivity contribution is -0.140. The fraction of sp³-hybridized carbons (Fsp3) is 0.297. The van der Waals surface area contributed by atoms with E-state index >= 15 is 0 Å². The average molecular weight is 703 g/mol. The van der Waals surface area contributed by atoms with Crippen molar-refractivity contribution in [2.45, 2.75) is 69.5 Å². The van der Waals surface area contributed by atoms with Gasteiger partial charge in [0.2, 0.25) is 11.8 Å². The van der Waals surface area contributed by atoms with E-state index in [0.717, 1.165) is 52.4 Å². The Morgan fingerprint density at radius 3 is 2.02 bits per heavy atom. The molecular weight excluding hydrogens is 662 g/mol. The van der Waals surface area contributed by atoms with Crippen LogP contribution in [0.3, 0.4) is 0 Å². The molecule has 46 heavy (non-hydrogen) atoms. The van der Waals surface area contributed by atoms with Gasteiger partial charge in [0, 0.05) is 23.5 Å². The topological polar surface area (TPSA) is 86.8 Å². The zero-order chi connectivity index (χ0) is 32.7. The molecule has 7 nitrogen and oxygen atoms in total. The molecule has 1 saturated carbocycles. The number of nitrogens with one attached hydrogen (secondary N) is 1. The largest absolute Gasteiger partial charge is 0.352 e. The molecule has 4 aromatic rings. The molecule has 0 bridgehead atoms. The maximum atomic E-state index is 14.6. The third-order valence-electron chi connectivity index (χ3n) is 8.34. The van der Waals surface area contributed by atoms with Crippen molar-refractivity contribution in [3.8, 4) is 0 Å². The molecule has 1 aliphatic rings. The van der Waals surface area contributed by atoms with Crippen LogP contribution >= 0.6 is 15.9 Å². The molecule has 1 atom stereocenters. The summed E-state index contributed by atoms with van der Waals surface area (Å²) in [5.74, 6) is -0.700. The fourth-order valence-corrected chi connectivity index (χ4v) is 7.73. The van der Waals surface area contributed by atoms with Crippen LogP contribution in [-0.2, 0) is 32.6 Å². The molecule has 0 saturated heterocycles. The van der Waals surface area contributed by atoms with Crippen molar-refractivity contribution >= 4 is 43.5 Å². The third kappa shape index (κ3) is 8.44. The summed E-state index contributed by atoms with van der Waals surface area (Å²) in [5.41, 5.74) is 3.88. The van der Waals surface area contributed by atoms with Gasteiger partial charge in [-0.1, -0.05) is 95.5 Å². The van der Waals surface area contributed by atoms with Crippen LogP contribution in [0, 0.1) is 13.8 Å². The number of aryl methyl sites for hydroxylation is 2. The van der Waals surface area contributed by atoms with Gasteiger partial charge in [0.1, 0.15) is 12.6 Å². The first-order valence-electron chi connectivity index (χ1n) is 15.6. The van der Waals surface area contributed by atoms with Crippen molar-refractivity contribution in [2.24, 2.45) is 0 Å². The van der Waals surface area contributed by atoms with Crippen molar-refractivity contribution in [1.29, 1.82) is 0 Å². The lowest BCUT2D eigenvalue weighted by Crippen LogP contribution is -2.54. The van der Waals surface area contributed by atoms with Crippen LogP contribution in [0.25, 0.3) is 0 Å². The predicted molar refractivity (Wildman–Crippen MR) is 186 cm³/mol. The zero-order valence-electron chi connectivity index (χ0n) is 26.2. The van der Waals surface area contributed by atoms with Gasteiger partial charge in [0.05, 0.1) is 10.6 Å². The van der Waals surface area contributed by atoms with E-state index in [1.807, 2.05) is 74.5 Å². The molecule has 0 radical (unpaired) electrons. The number of carbonyl (C=O) groups is 2. The summed E-state index contributed by atoms with van der Waals surface area (Å²) in [7, 11) is -4.14. The molecule has 1 aliphatic carbocycles. The number of carbonyl (C=O) groups excluding carboxylic acids is 2. The van der Waals surface area contributed by atoms with Crippen LogP contribution in [0.2, 0.25) is 0 Å². The first-order valence-corrected chi connectivity index (χ1v) is 17.9. The number of sulfonamides is 1. The summed E-state index contributed by atoms with van der Waals surface area (Å²) in [6, 6.07) is 30.1. The molecule has 240 valence electrons. The summed E-state index contributed by atoms with van der Waals surface area (Å²) >= 11 is 3.48. The second-order valence-electron chi connectivity index (χ2n) is 12.0. The van der Waals surface area contributed by atoms with E-state index in [2.05, 4.69) is 21.2 Å². The third-order valence-corrected chi connectivity index (χ3v) is 10.7. The molecule has 0 aromatic heterocycles. The number of benzene rings is 4. The Kier molecular flexibility index (Phi) is 11.0. The van der Waals surface area contributed by atoms with Crippen LogP contribution in [0.1, 0.15) is 47.9 Å². The number of rotatable bonds is 12. The Morgan fingerprint density at radius 2 is 1.41 bits per heavy atom. The van der Waals surface area contributed by atoms with E-state index < -0.39 is 28.5 Å². The second kappa shape index (κ2) is 15.1. The first kappa shape index (κ1) is 33.4. The van der Waals surface area contributed by atoms with Crippen molar-refractivity contribution in [2.75, 3.05) is 10.8 Å². The molecule has 0 heterocycles. The summed E-state index contributed by atoms with van der Waals surface area (Å²) in [6.07, 6.45) is 4.20. The Labute approximate surface area is 280 Å². The molecule has 0 spiro atoms. The van der Waals surface area contributed by atoms with Gasteiger partial charge in [-0.15, -0.1) is 0 Å². The van der Waals surface area contributed by atoms with E-state index in [1.54, 1.807) is 35.2 Å². The normalized spacial score (nSPS) is 14.1. The van der Waals surface area contributed by atoms with Crippen LogP contribution in [-0.4, -0.2) is 43.8 Å². The Balaban J connectivity index is 1.57. The lowest BCUT2D eigenvalue weighted by atomic mass is 10.0. The maximum absolute atomic E-state index is 14.6. The molecule has 0 aliphatic heterocycles. The highest BCUT2D eigenvalue weighted by Crippen LogP contribution is 2.27. The number of halogens is 1. The van der Waals surface area contributed by atoms with E-state index in [1.165, 1.54) is 16.4 Å². The van der Waals surface area contributed by atoms with Crippen LogP contribution in [0.5, 0.6) is 0 Å². The van der Waals surface area contributed by atoms with Crippen LogP contribution < -0.4 is 9.62 Å². The number of anilines is 1. The first-order chi connectivity index (χ1) is 22.1. The van der Waals surface area contributed by atoms with E-state index in [0.29, 0.717) is 5.69 Å². The highest BCUT2D eigenvalue weighted by atomic mass is 79.9. The van der Waals surface area contributed by atoms with Crippen molar-refractivity contribution in [1.82, 2.24) is 10.2 Å². The van der Waals surface area contributed by atoms with Gasteiger partial charge in [0.15, 0.2) is 0 Å². The minimum atomic E-state index is -4.14. The van der Waals surface area contributed by atoms with E-state index in [-0.39, 0.29) is 29.8 Å². The van der Waals surface area contributed by atoms with Crippen molar-refractivity contribution in [3.05, 3.63) is 130 Å². The minimum Gasteiger partial charge on any atom is -0.352 e. The standard InChI is InChI=1S/C37H40BrN3O4S/c1-27-21-28(2)23-33(22-27)41(46(44,45)34-15-7-4-8-16-34)26-36(42)40(25-30-17-19-31(38)20-18-30)35(24-29-11-5-3-6-12-29)37(43)39-32-13-9-10-14-32/h3-8,11-12,15-23,32,35H,9-10,13-14,24-26H2,1-2H3,(H,39,43)/t35-/m1/s1. The molecule has 5 rings (SSSR count). The minimum absolute atomic E-state index is 0.0561. The highest BCUT2D eigenvalue weighted by molar-refractivity contribution is 9.10. The molecular formula is C37H40BrN3O4S. The van der Waals surface area contributed by atoms with Gasteiger partial charge in [-0.2, -0.15) is 0 Å². The summed E-state index contributed by atoms with van der Waals surface area (Å²) < 4.78 is 30.5. The van der Waals surface area contributed by atoms with E-state index in [9.17, 15) is 18.0 Å². The summed E-state index contributed by atoms with van der Waals surface area (Å²) in [4.78, 5) is 30.4. The summed E-state index contributed by atoms with van der Waals surface area (Å²) in [6.45, 7) is 3.45. The Hall–Kier alpha value is -3.95. The quantitative estimate of drug-likeness (QED) is 0.173. The Bertz CT molecular complexity index is 1720. The van der Waals surface area contributed by atoms with Gasteiger partial charge >= 0.3 is 0 Å². The summed E-state index contributed by atoms with van der Waals surface area (Å²) in [5, 5.41) is 3.21. The van der Waals surface area contributed by atoms with Gasteiger partial charge in [-0.05, 0) is 85.3 Å². The smallest absolute Gasteiger partial charge is 0.264 e. The van der Waals surface area contributed by atoms with Gasteiger partial charge in [0.25, 0.3) is 10.0 Å². The highest BCUT2D eigenvalue weighted by Gasteiger charge is 2.35. The van der Waals surface area contributed by atoms with Gasteiger partial charge in [-0.3, -0.25) is 13.9 Å². The SMILES string of the molecule is Cc1cc(C)cc(N(CC(=O)N(Cc2ccc(Br)cc2)[C@H](Cc2ccccc2)C(=O)NC2CCCC2)S(=O)(=O)c2ccccc2)c1. The predicted octanol–water partition coefficient (Wildman–Crippen LogP) is 6.96. The molecule has 1 fully saturated rings. The zero-order valence-corrected chi connectivity index (χ0v) is 28.6. The van der Waals surface area contributed by atoms with Crippen LogP contribution in [0.4, 0.5) is 5.69 Å². The van der Waals surface area contributed by atoms with Gasteiger partial charge < -0.3 is 10.2 Å². The molecule has 1 N–H and O–H groups in total. The lowest BCUT2D eigenvalue weighted by Gasteiger charge is -2.34. The number of hydrogen-bond acceptors (Lipinski definition) is 4. The molecule has 0 unspecified atom stereocenters. The monoisotopic (exact) mass is 701 g/mol. The second-order valence-corrected chi connectivity index (χ2v) is 14.8. The number of nitrogens with zero attached hydrogens (tertiary/aromatic N) is 2. The van der Waals surface area contributed by atoms with Crippen LogP contribution in [0.15, 0.2) is 112 Å². The molecule has 2 amide bonds. The number of amides is 2. The number of hydrogen-bond donors (Lipinski definition) is 1. The fourth-order valence-electron chi connectivity index (χ4n) is 6.05. The Morgan fingerprint density at radius 1 is 0.826 bits per heavy atom. The molecule has 4 aromatic carbocycles. The van der Waals surface area contributed by atoms with Gasteiger partial charge in [-0.25, -0.2) is 8.42 Å². The molecule has 9 heteroatoms. The van der Waals surface area contributed by atoms with Crippen molar-refractivity contribution in [3.63, 3.8) is 0 Å². The van der Waals surface area contributed by atoms with E-state index in [4.69, 9.17) is 0 Å². The maximum Gasteiger partial charge on any atom is 0.264 e. The van der Waals surface area contributed by atoms with Crippen molar-refractivity contribution < 1.29 is 18.0 Å².